The molecule has 218 valence electrons. The Bertz CT molecular complexity index is 1300. The van der Waals surface area contributed by atoms with Crippen molar-refractivity contribution in [2.45, 2.75) is 77.3 Å². The summed E-state index contributed by atoms with van der Waals surface area (Å²) in [5.74, 6) is -0.546. The van der Waals surface area contributed by atoms with E-state index in [0.717, 1.165) is 26.1 Å². The van der Waals surface area contributed by atoms with E-state index in [1.54, 1.807) is 6.92 Å². The molecule has 2 aromatic rings. The molecule has 1 aliphatic rings. The van der Waals surface area contributed by atoms with Crippen LogP contribution in [0, 0.1) is 11.3 Å². The topological polar surface area (TPSA) is 94.0 Å². The molecule has 0 atom stereocenters. The summed E-state index contributed by atoms with van der Waals surface area (Å²) in [6.07, 6.45) is -3.68. The predicted molar refractivity (Wildman–Crippen MR) is 138 cm³/mol. The van der Waals surface area contributed by atoms with Crippen molar-refractivity contribution in [3.8, 4) is 11.3 Å². The molecular formula is C25H32ClF5N4O3S. The summed E-state index contributed by atoms with van der Waals surface area (Å²) >= 11 is 6.48. The quantitative estimate of drug-likeness (QED) is 0.356. The van der Waals surface area contributed by atoms with E-state index in [9.17, 15) is 35.2 Å². The minimum absolute atomic E-state index is 0.0161. The van der Waals surface area contributed by atoms with E-state index < -0.39 is 45.7 Å². The smallest absolute Gasteiger partial charge is 0.350 e. The molecule has 2 heterocycles. The van der Waals surface area contributed by atoms with Gasteiger partial charge in [-0.15, -0.1) is 0 Å². The van der Waals surface area contributed by atoms with Gasteiger partial charge in [0.25, 0.3) is 12.3 Å². The first kappa shape index (κ1) is 31.3. The molecule has 39 heavy (non-hydrogen) atoms. The number of nitrogens with one attached hydrogen (secondary N) is 1. The van der Waals surface area contributed by atoms with Crippen LogP contribution in [0.1, 0.15) is 74.6 Å². The summed E-state index contributed by atoms with van der Waals surface area (Å²) in [6.45, 7) is 4.05. The molecular weight excluding hydrogens is 567 g/mol. The summed E-state index contributed by atoms with van der Waals surface area (Å²) in [6, 6.07) is 0.934. The van der Waals surface area contributed by atoms with Gasteiger partial charge in [-0.1, -0.05) is 25.4 Å². The zero-order valence-electron chi connectivity index (χ0n) is 22.1. The monoisotopic (exact) mass is 598 g/mol. The van der Waals surface area contributed by atoms with E-state index in [4.69, 9.17) is 11.6 Å². The first-order chi connectivity index (χ1) is 18.0. The summed E-state index contributed by atoms with van der Waals surface area (Å²) in [4.78, 5) is 16.9. The van der Waals surface area contributed by atoms with Crippen molar-refractivity contribution in [1.82, 2.24) is 20.1 Å². The van der Waals surface area contributed by atoms with E-state index in [-0.39, 0.29) is 51.9 Å². The fourth-order valence-corrected chi connectivity index (χ4v) is 6.15. The normalized spacial score (nSPS) is 18.9. The maximum atomic E-state index is 14.1. The number of rotatable bonds is 9. The highest BCUT2D eigenvalue weighted by atomic mass is 35.5. The number of alkyl halides is 5. The maximum Gasteiger partial charge on any atom is 0.394 e. The van der Waals surface area contributed by atoms with E-state index in [0.29, 0.717) is 25.7 Å². The molecule has 0 aromatic carbocycles. The number of nitrogens with zero attached hydrogens (tertiary/aromatic N) is 3. The zero-order chi connectivity index (χ0) is 29.3. The average Bonchev–Trinajstić information content (AvgIpc) is 3.17. The molecule has 3 rings (SSSR count). The Balaban J connectivity index is 1.84. The van der Waals surface area contributed by atoms with Crippen LogP contribution in [-0.2, 0) is 22.8 Å². The fraction of sp³-hybridized carbons (Fsp3) is 0.640. The number of sulfone groups is 1. The van der Waals surface area contributed by atoms with Gasteiger partial charge in [-0.05, 0) is 44.6 Å². The molecule has 1 fully saturated rings. The number of carbonyl (C=O) groups excluding carboxylic acids is 1. The molecule has 2 aromatic heterocycles. The minimum Gasteiger partial charge on any atom is -0.350 e. The largest absolute Gasteiger partial charge is 0.394 e. The van der Waals surface area contributed by atoms with Gasteiger partial charge in [0.1, 0.15) is 9.84 Å². The van der Waals surface area contributed by atoms with Crippen molar-refractivity contribution < 1.29 is 35.2 Å². The Labute approximate surface area is 229 Å². The third-order valence-corrected chi connectivity index (χ3v) is 9.27. The van der Waals surface area contributed by atoms with E-state index in [1.165, 1.54) is 10.9 Å². The van der Waals surface area contributed by atoms with Crippen LogP contribution in [0.4, 0.5) is 22.0 Å². The van der Waals surface area contributed by atoms with Crippen molar-refractivity contribution in [1.29, 1.82) is 0 Å². The molecule has 0 spiro atoms. The van der Waals surface area contributed by atoms with Gasteiger partial charge in [0, 0.05) is 48.8 Å². The zero-order valence-corrected chi connectivity index (χ0v) is 23.7. The molecule has 14 heteroatoms. The molecule has 0 saturated heterocycles. The van der Waals surface area contributed by atoms with Crippen molar-refractivity contribution in [2.75, 3.05) is 12.8 Å². The van der Waals surface area contributed by atoms with E-state index >= 15 is 0 Å². The second-order valence-corrected chi connectivity index (χ2v) is 13.3. The van der Waals surface area contributed by atoms with Gasteiger partial charge < -0.3 is 5.32 Å². The number of halogens is 6. The summed E-state index contributed by atoms with van der Waals surface area (Å²) in [5, 5.41) is 6.38. The van der Waals surface area contributed by atoms with Gasteiger partial charge in [0.05, 0.1) is 21.4 Å². The minimum atomic E-state index is -4.56. The van der Waals surface area contributed by atoms with Gasteiger partial charge in [-0.3, -0.25) is 14.5 Å². The number of aromatic nitrogens is 3. The van der Waals surface area contributed by atoms with E-state index in [1.807, 2.05) is 0 Å². The Morgan fingerprint density at radius 1 is 1.21 bits per heavy atom. The lowest BCUT2D eigenvalue weighted by atomic mass is 9.86. The summed E-state index contributed by atoms with van der Waals surface area (Å²) < 4.78 is 92.9. The van der Waals surface area contributed by atoms with E-state index in [2.05, 4.69) is 15.4 Å². The van der Waals surface area contributed by atoms with Gasteiger partial charge in [-0.25, -0.2) is 17.2 Å². The second-order valence-electron chi connectivity index (χ2n) is 10.6. The molecule has 1 amide bonds. The Hall–Kier alpha value is -2.28. The van der Waals surface area contributed by atoms with Crippen molar-refractivity contribution in [3.63, 3.8) is 0 Å². The molecule has 1 N–H and O–H groups in total. The van der Waals surface area contributed by atoms with Gasteiger partial charge in [0.2, 0.25) is 0 Å². The van der Waals surface area contributed by atoms with Gasteiger partial charge in [0.15, 0.2) is 5.69 Å². The number of pyridine rings is 1. The van der Waals surface area contributed by atoms with Crippen LogP contribution >= 0.6 is 11.6 Å². The molecule has 0 bridgehead atoms. The molecule has 1 saturated carbocycles. The lowest BCUT2D eigenvalue weighted by molar-refractivity contribution is -0.211. The van der Waals surface area contributed by atoms with Crippen LogP contribution in [0.15, 0.2) is 12.3 Å². The number of hydrogen-bond donors (Lipinski definition) is 1. The van der Waals surface area contributed by atoms with Crippen LogP contribution in [0.2, 0.25) is 5.02 Å². The summed E-state index contributed by atoms with van der Waals surface area (Å²) in [7, 11) is -3.11. The first-order valence-corrected chi connectivity index (χ1v) is 14.9. The molecule has 0 unspecified atom stereocenters. The number of carbonyl (C=O) groups is 1. The standard InChI is InChI=1S/C25H32ClF5N4O3S/c1-5-35-21(18-13-32-15(10-17(18)22(27)28)11-24(2,3)25(29,30)31)19(26)20(34-35)23(36)33-12-14-6-8-16(9-7-14)39(4,37)38/h10,13-14,16,22H,5-9,11-12H2,1-4H3,(H,33,36)/t14-,16-. The Kier molecular flexibility index (Phi) is 9.36. The maximum absolute atomic E-state index is 14.1. The van der Waals surface area contributed by atoms with Crippen LogP contribution in [0.3, 0.4) is 0 Å². The predicted octanol–water partition coefficient (Wildman–Crippen LogP) is 6.02. The molecule has 7 nitrogen and oxygen atoms in total. The summed E-state index contributed by atoms with van der Waals surface area (Å²) in [5.41, 5.74) is -3.19. The Morgan fingerprint density at radius 2 is 1.82 bits per heavy atom. The Morgan fingerprint density at radius 3 is 2.33 bits per heavy atom. The SMILES string of the molecule is CCn1nc(C(=O)NC[C@H]2CC[C@H](S(C)(=O)=O)CC2)c(Cl)c1-c1cnc(CC(C)(C)C(F)(F)F)cc1C(F)F. The third kappa shape index (κ3) is 7.08. The lowest BCUT2D eigenvalue weighted by Crippen LogP contribution is -2.34. The molecule has 0 aliphatic heterocycles. The average molecular weight is 599 g/mol. The number of hydrogen-bond acceptors (Lipinski definition) is 5. The highest BCUT2D eigenvalue weighted by Gasteiger charge is 2.47. The third-order valence-electron chi connectivity index (χ3n) is 7.23. The highest BCUT2D eigenvalue weighted by Crippen LogP contribution is 2.42. The lowest BCUT2D eigenvalue weighted by Gasteiger charge is -2.27. The van der Waals surface area contributed by atoms with Crippen LogP contribution in [-0.4, -0.2) is 53.3 Å². The van der Waals surface area contributed by atoms with Gasteiger partial charge >= 0.3 is 6.18 Å². The molecule has 1 aliphatic carbocycles. The fourth-order valence-electron chi connectivity index (χ4n) is 4.70. The van der Waals surface area contributed by atoms with Crippen LogP contribution < -0.4 is 5.32 Å². The molecule has 0 radical (unpaired) electrons. The van der Waals surface area contributed by atoms with Crippen LogP contribution in [0.5, 0.6) is 0 Å². The van der Waals surface area contributed by atoms with Crippen LogP contribution in [0.25, 0.3) is 11.3 Å². The number of aryl methyl sites for hydroxylation is 1. The highest BCUT2D eigenvalue weighted by molar-refractivity contribution is 7.91. The number of amides is 1. The second kappa shape index (κ2) is 11.7. The van der Waals surface area contributed by atoms with Crippen molar-refractivity contribution >= 4 is 27.3 Å². The van der Waals surface area contributed by atoms with Crippen molar-refractivity contribution in [2.24, 2.45) is 11.3 Å². The van der Waals surface area contributed by atoms with Gasteiger partial charge in [-0.2, -0.15) is 18.3 Å². The van der Waals surface area contributed by atoms with Crippen molar-refractivity contribution in [3.05, 3.63) is 34.2 Å². The first-order valence-electron chi connectivity index (χ1n) is 12.5.